The highest BCUT2D eigenvalue weighted by atomic mass is 32.2. The smallest absolute Gasteiger partial charge is 0.129 e. The van der Waals surface area contributed by atoms with Crippen LogP contribution in [-0.2, 0) is 5.75 Å². The van der Waals surface area contributed by atoms with Crippen molar-refractivity contribution in [2.24, 2.45) is 0 Å². The summed E-state index contributed by atoms with van der Waals surface area (Å²) in [5.41, 5.74) is 2.65. The lowest BCUT2D eigenvalue weighted by atomic mass is 10.0. The SMILES string of the molecule is CC(C)c1ccc(CSc2ccccc2O)cc1. The number of hydrogen-bond donors (Lipinski definition) is 1. The Labute approximate surface area is 113 Å². The summed E-state index contributed by atoms with van der Waals surface area (Å²) < 4.78 is 0. The molecular weight excluding hydrogens is 240 g/mol. The van der Waals surface area contributed by atoms with Crippen LogP contribution >= 0.6 is 11.8 Å². The second kappa shape index (κ2) is 5.96. The van der Waals surface area contributed by atoms with Crippen LogP contribution in [-0.4, -0.2) is 5.11 Å². The van der Waals surface area contributed by atoms with Crippen molar-refractivity contribution in [3.05, 3.63) is 59.7 Å². The molecule has 0 bridgehead atoms. The minimum absolute atomic E-state index is 0.362. The van der Waals surface area contributed by atoms with Crippen molar-refractivity contribution in [1.82, 2.24) is 0 Å². The van der Waals surface area contributed by atoms with E-state index in [1.807, 2.05) is 18.2 Å². The van der Waals surface area contributed by atoms with Gasteiger partial charge in [0.05, 0.1) is 0 Å². The Morgan fingerprint density at radius 3 is 2.28 bits per heavy atom. The lowest BCUT2D eigenvalue weighted by molar-refractivity contribution is 0.462. The summed E-state index contributed by atoms with van der Waals surface area (Å²) in [7, 11) is 0. The minimum Gasteiger partial charge on any atom is -0.507 e. The molecule has 0 aliphatic heterocycles. The maximum atomic E-state index is 9.68. The van der Waals surface area contributed by atoms with Gasteiger partial charge in [0.1, 0.15) is 5.75 Å². The van der Waals surface area contributed by atoms with Gasteiger partial charge in [0, 0.05) is 10.6 Å². The molecule has 0 heterocycles. The number of para-hydroxylation sites is 1. The van der Waals surface area contributed by atoms with Crippen LogP contribution in [0, 0.1) is 0 Å². The highest BCUT2D eigenvalue weighted by molar-refractivity contribution is 7.98. The fraction of sp³-hybridized carbons (Fsp3) is 0.250. The van der Waals surface area contributed by atoms with Crippen LogP contribution in [0.2, 0.25) is 0 Å². The van der Waals surface area contributed by atoms with Crippen LogP contribution in [0.1, 0.15) is 30.9 Å². The maximum absolute atomic E-state index is 9.68. The standard InChI is InChI=1S/C16H18OS/c1-12(2)14-9-7-13(8-10-14)11-18-16-6-4-3-5-15(16)17/h3-10,12,17H,11H2,1-2H3. The molecule has 1 N–H and O–H groups in total. The number of phenols is 1. The van der Waals surface area contributed by atoms with Crippen molar-refractivity contribution in [3.8, 4) is 5.75 Å². The molecule has 2 aromatic rings. The quantitative estimate of drug-likeness (QED) is 0.794. The first-order valence-electron chi connectivity index (χ1n) is 6.16. The first kappa shape index (κ1) is 13.0. The molecule has 1 nitrogen and oxygen atoms in total. The average molecular weight is 258 g/mol. The topological polar surface area (TPSA) is 20.2 Å². The van der Waals surface area contributed by atoms with Crippen LogP contribution in [0.25, 0.3) is 0 Å². The van der Waals surface area contributed by atoms with Crippen molar-refractivity contribution in [3.63, 3.8) is 0 Å². The molecule has 18 heavy (non-hydrogen) atoms. The predicted molar refractivity (Wildman–Crippen MR) is 78.2 cm³/mol. The van der Waals surface area contributed by atoms with Gasteiger partial charge in [-0.1, -0.05) is 50.2 Å². The van der Waals surface area contributed by atoms with Crippen LogP contribution in [0.3, 0.4) is 0 Å². The molecule has 0 radical (unpaired) electrons. The maximum Gasteiger partial charge on any atom is 0.129 e. The Balaban J connectivity index is 2.00. The summed E-state index contributed by atoms with van der Waals surface area (Å²) in [5, 5.41) is 9.68. The third-order valence-electron chi connectivity index (χ3n) is 2.91. The average Bonchev–Trinajstić information content (AvgIpc) is 2.38. The second-order valence-corrected chi connectivity index (χ2v) is 5.67. The number of hydrogen-bond acceptors (Lipinski definition) is 2. The molecule has 2 heteroatoms. The lowest BCUT2D eigenvalue weighted by Gasteiger charge is -2.07. The number of phenolic OH excluding ortho intramolecular Hbond substituents is 1. The van der Waals surface area contributed by atoms with E-state index in [4.69, 9.17) is 0 Å². The normalized spacial score (nSPS) is 10.8. The molecule has 0 aliphatic rings. The highest BCUT2D eigenvalue weighted by Crippen LogP contribution is 2.30. The van der Waals surface area contributed by atoms with Gasteiger partial charge in [-0.05, 0) is 29.2 Å². The molecule has 94 valence electrons. The zero-order chi connectivity index (χ0) is 13.0. The molecular formula is C16H18OS. The zero-order valence-corrected chi connectivity index (χ0v) is 11.6. The summed E-state index contributed by atoms with van der Waals surface area (Å²) in [4.78, 5) is 0.936. The van der Waals surface area contributed by atoms with Crippen LogP contribution < -0.4 is 0 Å². The Morgan fingerprint density at radius 2 is 1.67 bits per heavy atom. The molecule has 0 saturated carbocycles. The number of thioether (sulfide) groups is 1. The van der Waals surface area contributed by atoms with Gasteiger partial charge in [-0.25, -0.2) is 0 Å². The van der Waals surface area contributed by atoms with E-state index in [1.54, 1.807) is 17.8 Å². The van der Waals surface area contributed by atoms with E-state index in [0.29, 0.717) is 11.7 Å². The van der Waals surface area contributed by atoms with E-state index in [9.17, 15) is 5.11 Å². The number of rotatable bonds is 4. The Morgan fingerprint density at radius 1 is 1.00 bits per heavy atom. The summed E-state index contributed by atoms with van der Waals surface area (Å²) in [6.07, 6.45) is 0. The largest absolute Gasteiger partial charge is 0.507 e. The second-order valence-electron chi connectivity index (χ2n) is 4.65. The first-order valence-corrected chi connectivity index (χ1v) is 7.15. The first-order chi connectivity index (χ1) is 8.66. The summed E-state index contributed by atoms with van der Waals surface area (Å²) in [6, 6.07) is 16.2. The molecule has 2 rings (SSSR count). The lowest BCUT2D eigenvalue weighted by Crippen LogP contribution is -1.88. The van der Waals surface area contributed by atoms with E-state index >= 15 is 0 Å². The molecule has 2 aromatic carbocycles. The summed E-state index contributed by atoms with van der Waals surface area (Å²) in [6.45, 7) is 4.40. The molecule has 0 atom stereocenters. The number of aromatic hydroxyl groups is 1. The van der Waals surface area contributed by atoms with Crippen molar-refractivity contribution in [2.45, 2.75) is 30.4 Å². The summed E-state index contributed by atoms with van der Waals surface area (Å²) >= 11 is 1.66. The molecule has 0 spiro atoms. The van der Waals surface area contributed by atoms with Crippen molar-refractivity contribution in [1.29, 1.82) is 0 Å². The van der Waals surface area contributed by atoms with Gasteiger partial charge in [-0.2, -0.15) is 0 Å². The van der Waals surface area contributed by atoms with Gasteiger partial charge in [0.15, 0.2) is 0 Å². The van der Waals surface area contributed by atoms with Crippen molar-refractivity contribution in [2.75, 3.05) is 0 Å². The third kappa shape index (κ3) is 3.30. The van der Waals surface area contributed by atoms with Crippen LogP contribution in [0.5, 0.6) is 5.75 Å². The van der Waals surface area contributed by atoms with E-state index in [0.717, 1.165) is 10.6 Å². The van der Waals surface area contributed by atoms with E-state index < -0.39 is 0 Å². The third-order valence-corrected chi connectivity index (χ3v) is 4.04. The molecule has 0 aromatic heterocycles. The van der Waals surface area contributed by atoms with E-state index in [2.05, 4.69) is 38.1 Å². The van der Waals surface area contributed by atoms with Crippen molar-refractivity contribution < 1.29 is 5.11 Å². The van der Waals surface area contributed by atoms with E-state index in [-0.39, 0.29) is 0 Å². The minimum atomic E-state index is 0.362. The van der Waals surface area contributed by atoms with Crippen LogP contribution in [0.4, 0.5) is 0 Å². The Bertz CT molecular complexity index is 503. The van der Waals surface area contributed by atoms with Gasteiger partial charge in [0.2, 0.25) is 0 Å². The number of benzene rings is 2. The molecule has 0 saturated heterocycles. The van der Waals surface area contributed by atoms with Crippen molar-refractivity contribution >= 4 is 11.8 Å². The van der Waals surface area contributed by atoms with Gasteiger partial charge >= 0.3 is 0 Å². The Hall–Kier alpha value is -1.41. The van der Waals surface area contributed by atoms with E-state index in [1.165, 1.54) is 11.1 Å². The molecule has 0 amide bonds. The monoisotopic (exact) mass is 258 g/mol. The fourth-order valence-electron chi connectivity index (χ4n) is 1.74. The van der Waals surface area contributed by atoms with Gasteiger partial charge in [-0.15, -0.1) is 11.8 Å². The van der Waals surface area contributed by atoms with Crippen LogP contribution in [0.15, 0.2) is 53.4 Å². The van der Waals surface area contributed by atoms with Gasteiger partial charge in [-0.3, -0.25) is 0 Å². The fourth-order valence-corrected chi connectivity index (χ4v) is 2.64. The summed E-state index contributed by atoms with van der Waals surface area (Å²) in [5.74, 6) is 1.82. The Kier molecular flexibility index (Phi) is 4.32. The molecule has 0 fully saturated rings. The zero-order valence-electron chi connectivity index (χ0n) is 10.8. The molecule has 0 aliphatic carbocycles. The predicted octanol–water partition coefficient (Wildman–Crippen LogP) is 4.81. The highest BCUT2D eigenvalue weighted by Gasteiger charge is 2.02. The molecule has 0 unspecified atom stereocenters. The van der Waals surface area contributed by atoms with Gasteiger partial charge in [0.25, 0.3) is 0 Å². The van der Waals surface area contributed by atoms with Gasteiger partial charge < -0.3 is 5.11 Å².